The Bertz CT molecular complexity index is 1070. The molecule has 0 unspecified atom stereocenters. The molecule has 2 aromatic rings. The first kappa shape index (κ1) is 29.0. The van der Waals surface area contributed by atoms with Gasteiger partial charge < -0.3 is 35.8 Å². The summed E-state index contributed by atoms with van der Waals surface area (Å²) in [6.07, 6.45) is 2.59. The highest BCUT2D eigenvalue weighted by Gasteiger charge is 2.29. The van der Waals surface area contributed by atoms with Gasteiger partial charge in [-0.1, -0.05) is 35.3 Å². The Morgan fingerprint density at radius 2 is 1.62 bits per heavy atom. The molecular formula is C26H32Cl2N2O7. The number of anilines is 1. The van der Waals surface area contributed by atoms with Crippen molar-refractivity contribution in [2.24, 2.45) is 0 Å². The Balaban J connectivity index is 0.000000325. The van der Waals surface area contributed by atoms with E-state index in [0.29, 0.717) is 17.7 Å². The van der Waals surface area contributed by atoms with Crippen molar-refractivity contribution in [3.05, 3.63) is 57.1 Å². The number of hydrogen-bond donors (Lipinski definition) is 6. The second-order valence-electron chi connectivity index (χ2n) is 9.02. The first-order chi connectivity index (χ1) is 17.7. The van der Waals surface area contributed by atoms with Crippen molar-refractivity contribution >= 4 is 40.8 Å². The highest BCUT2D eigenvalue weighted by Crippen LogP contribution is 2.33. The van der Waals surface area contributed by atoms with Gasteiger partial charge in [0.05, 0.1) is 21.8 Å². The molecule has 37 heavy (non-hydrogen) atoms. The maximum absolute atomic E-state index is 9.77. The second-order valence-corrected chi connectivity index (χ2v) is 9.83. The molecule has 1 fully saturated rings. The van der Waals surface area contributed by atoms with Crippen molar-refractivity contribution in [2.45, 2.75) is 63.4 Å². The predicted octanol–water partition coefficient (Wildman–Crippen LogP) is 3.49. The summed E-state index contributed by atoms with van der Waals surface area (Å²) < 4.78 is 6.05. The largest absolute Gasteiger partial charge is 0.489 e. The quantitative estimate of drug-likeness (QED) is 0.288. The molecule has 0 aromatic heterocycles. The van der Waals surface area contributed by atoms with E-state index in [2.05, 4.69) is 22.8 Å². The van der Waals surface area contributed by atoms with E-state index in [9.17, 15) is 9.59 Å². The molecule has 0 radical (unpaired) electrons. The van der Waals surface area contributed by atoms with Crippen molar-refractivity contribution in [3.63, 3.8) is 0 Å². The molecule has 4 rings (SSSR count). The zero-order valence-electron chi connectivity index (χ0n) is 20.3. The number of carboxylic acids is 2. The number of halogens is 2. The number of aliphatic hydroxyl groups excluding tert-OH is 2. The number of carbonyl (C=O) groups is 2. The summed E-state index contributed by atoms with van der Waals surface area (Å²) in [6, 6.07) is 10.2. The van der Waals surface area contributed by atoms with Gasteiger partial charge in [0.2, 0.25) is 0 Å². The van der Waals surface area contributed by atoms with Gasteiger partial charge >= 0.3 is 11.9 Å². The smallest absolute Gasteiger partial charge is 0.335 e. The van der Waals surface area contributed by atoms with Crippen LogP contribution in [-0.2, 0) is 29.0 Å². The molecule has 2 atom stereocenters. The fourth-order valence-electron chi connectivity index (χ4n) is 4.33. The van der Waals surface area contributed by atoms with Crippen LogP contribution in [0.2, 0.25) is 10.0 Å². The Hall–Kier alpha value is -2.56. The van der Waals surface area contributed by atoms with Crippen LogP contribution >= 0.6 is 23.2 Å². The van der Waals surface area contributed by atoms with Crippen LogP contribution in [0, 0.1) is 0 Å². The van der Waals surface area contributed by atoms with Crippen LogP contribution in [-0.4, -0.2) is 63.8 Å². The summed E-state index contributed by atoms with van der Waals surface area (Å²) in [6.45, 7) is 2.69. The van der Waals surface area contributed by atoms with Crippen LogP contribution < -0.4 is 15.4 Å². The van der Waals surface area contributed by atoms with Gasteiger partial charge in [-0.25, -0.2) is 9.59 Å². The first-order valence-electron chi connectivity index (χ1n) is 12.2. The Labute approximate surface area is 225 Å². The Kier molecular flexibility index (Phi) is 10.8. The molecule has 0 spiro atoms. The number of nitrogens with one attached hydrogen (secondary N) is 2. The lowest BCUT2D eigenvalue weighted by Gasteiger charge is -2.17. The lowest BCUT2D eigenvalue weighted by Crippen LogP contribution is -2.39. The molecule has 0 amide bonds. The van der Waals surface area contributed by atoms with Gasteiger partial charge in [0.1, 0.15) is 5.75 Å². The van der Waals surface area contributed by atoms with Gasteiger partial charge in [0.25, 0.3) is 0 Å². The molecular weight excluding hydrogens is 523 g/mol. The van der Waals surface area contributed by atoms with E-state index in [-0.39, 0.29) is 0 Å². The number of carboxylic acid groups (broad SMARTS) is 2. The van der Waals surface area contributed by atoms with Gasteiger partial charge in [-0.2, -0.15) is 0 Å². The number of aliphatic carboxylic acids is 2. The van der Waals surface area contributed by atoms with E-state index in [1.54, 1.807) is 0 Å². The fraction of sp³-hybridized carbons (Fsp3) is 0.462. The molecule has 6 N–H and O–H groups in total. The zero-order chi connectivity index (χ0) is 26.9. The summed E-state index contributed by atoms with van der Waals surface area (Å²) in [5, 5.41) is 41.0. The number of rotatable bonds is 8. The SMILES string of the molecule is Clc1cc(CNc2c(Cl)ccc3c2CCNCC3)ccc1OC1CCCC1.O=C(O)[C@H](O)[C@@H](O)C(=O)O. The van der Waals surface area contributed by atoms with Crippen molar-refractivity contribution in [1.29, 1.82) is 0 Å². The predicted molar refractivity (Wildman–Crippen MR) is 141 cm³/mol. The summed E-state index contributed by atoms with van der Waals surface area (Å²) in [4.78, 5) is 19.5. The van der Waals surface area contributed by atoms with Gasteiger partial charge in [-0.3, -0.25) is 0 Å². The maximum atomic E-state index is 9.77. The number of fused-ring (bicyclic) bond motifs is 1. The molecule has 202 valence electrons. The molecule has 0 bridgehead atoms. The number of aliphatic hydroxyl groups is 2. The average Bonchev–Trinajstić information content (AvgIpc) is 3.27. The van der Waals surface area contributed by atoms with Gasteiger partial charge in [-0.05, 0) is 86.5 Å². The minimum atomic E-state index is -2.27. The van der Waals surface area contributed by atoms with Crippen LogP contribution in [0.25, 0.3) is 0 Å². The molecule has 1 saturated carbocycles. The van der Waals surface area contributed by atoms with Gasteiger partial charge in [-0.15, -0.1) is 0 Å². The highest BCUT2D eigenvalue weighted by molar-refractivity contribution is 6.33. The standard InChI is InChI=1S/C22H26Cl2N2O.C4H6O6/c23-19-7-6-16-9-11-25-12-10-18(16)22(19)26-14-15-5-8-21(20(24)13-15)27-17-3-1-2-4-17;5-1(3(7)8)2(6)4(9)10/h5-8,13,17,25-26H,1-4,9-12,14H2;1-2,5-6H,(H,7,8)(H,9,10)/t;1-,2-/m.1/s1. The van der Waals surface area contributed by atoms with Crippen LogP contribution in [0.3, 0.4) is 0 Å². The summed E-state index contributed by atoms with van der Waals surface area (Å²) in [5.74, 6) is -2.74. The van der Waals surface area contributed by atoms with Gasteiger partial charge in [0, 0.05) is 6.54 Å². The summed E-state index contributed by atoms with van der Waals surface area (Å²) >= 11 is 13.0. The lowest BCUT2D eigenvalue weighted by molar-refractivity contribution is -0.165. The number of benzene rings is 2. The molecule has 2 aromatic carbocycles. The third-order valence-corrected chi connectivity index (χ3v) is 6.96. The van der Waals surface area contributed by atoms with E-state index < -0.39 is 24.1 Å². The van der Waals surface area contributed by atoms with Crippen LogP contribution in [0.1, 0.15) is 42.4 Å². The fourth-order valence-corrected chi connectivity index (χ4v) is 4.82. The molecule has 1 aliphatic heterocycles. The van der Waals surface area contributed by atoms with Gasteiger partial charge in [0.15, 0.2) is 12.2 Å². The topological polar surface area (TPSA) is 148 Å². The molecule has 2 aliphatic rings. The molecule has 0 saturated heterocycles. The van der Waals surface area contributed by atoms with Crippen LogP contribution in [0.15, 0.2) is 30.3 Å². The van der Waals surface area contributed by atoms with E-state index >= 15 is 0 Å². The van der Waals surface area contributed by atoms with E-state index in [0.717, 1.165) is 60.8 Å². The number of ether oxygens (including phenoxy) is 1. The molecule has 9 nitrogen and oxygen atoms in total. The van der Waals surface area contributed by atoms with Crippen molar-refractivity contribution in [2.75, 3.05) is 18.4 Å². The van der Waals surface area contributed by atoms with Crippen LogP contribution in [0.5, 0.6) is 5.75 Å². The van der Waals surface area contributed by atoms with Crippen molar-refractivity contribution < 1.29 is 34.8 Å². The molecule has 1 aliphatic carbocycles. The normalized spacial score (nSPS) is 17.0. The second kappa shape index (κ2) is 13.8. The van der Waals surface area contributed by atoms with Crippen molar-refractivity contribution in [1.82, 2.24) is 5.32 Å². The number of hydrogen-bond acceptors (Lipinski definition) is 7. The first-order valence-corrected chi connectivity index (χ1v) is 12.9. The summed E-state index contributed by atoms with van der Waals surface area (Å²) in [5.41, 5.74) is 4.89. The minimum Gasteiger partial charge on any atom is -0.489 e. The third kappa shape index (κ3) is 8.21. The Morgan fingerprint density at radius 1 is 0.973 bits per heavy atom. The van der Waals surface area contributed by atoms with E-state index in [1.165, 1.54) is 24.0 Å². The monoisotopic (exact) mass is 554 g/mol. The maximum Gasteiger partial charge on any atom is 0.335 e. The molecule has 1 heterocycles. The average molecular weight is 555 g/mol. The zero-order valence-corrected chi connectivity index (χ0v) is 21.8. The van der Waals surface area contributed by atoms with Crippen molar-refractivity contribution in [3.8, 4) is 5.75 Å². The molecule has 11 heteroatoms. The Morgan fingerprint density at radius 3 is 2.24 bits per heavy atom. The highest BCUT2D eigenvalue weighted by atomic mass is 35.5. The van der Waals surface area contributed by atoms with E-state index in [4.69, 9.17) is 48.4 Å². The van der Waals surface area contributed by atoms with Crippen LogP contribution in [0.4, 0.5) is 5.69 Å². The third-order valence-electron chi connectivity index (χ3n) is 6.35. The summed E-state index contributed by atoms with van der Waals surface area (Å²) in [7, 11) is 0. The van der Waals surface area contributed by atoms with E-state index in [1.807, 2.05) is 18.2 Å². The lowest BCUT2D eigenvalue weighted by atomic mass is 10.0. The minimum absolute atomic E-state index is 0.318.